The van der Waals surface area contributed by atoms with Gasteiger partial charge in [0, 0.05) is 29.4 Å². The highest BCUT2D eigenvalue weighted by atomic mass is 16.5. The Morgan fingerprint density at radius 3 is 1.70 bits per heavy atom. The molecule has 0 saturated heterocycles. The van der Waals surface area contributed by atoms with E-state index in [1.54, 1.807) is 7.11 Å². The summed E-state index contributed by atoms with van der Waals surface area (Å²) in [5, 5.41) is 0. The Morgan fingerprint density at radius 1 is 0.696 bits per heavy atom. The molecule has 3 aromatic carbocycles. The van der Waals surface area contributed by atoms with Crippen molar-refractivity contribution in [2.45, 2.75) is 5.60 Å². The van der Waals surface area contributed by atoms with Gasteiger partial charge in [-0.2, -0.15) is 0 Å². The van der Waals surface area contributed by atoms with Gasteiger partial charge in [-0.15, -0.1) is 0 Å². The lowest BCUT2D eigenvalue weighted by Crippen LogP contribution is -2.38. The smallest absolute Gasteiger partial charge is 0.193 e. The van der Waals surface area contributed by atoms with E-state index >= 15 is 0 Å². The third-order valence-electron chi connectivity index (χ3n) is 4.59. The predicted molar refractivity (Wildman–Crippen MR) is 89.6 cm³/mol. The van der Waals surface area contributed by atoms with E-state index in [9.17, 15) is 4.79 Å². The van der Waals surface area contributed by atoms with Gasteiger partial charge in [-0.1, -0.05) is 78.9 Å². The fourth-order valence-corrected chi connectivity index (χ4v) is 3.59. The molecule has 0 heterocycles. The van der Waals surface area contributed by atoms with Crippen LogP contribution in [0.25, 0.3) is 0 Å². The zero-order valence-corrected chi connectivity index (χ0v) is 12.8. The van der Waals surface area contributed by atoms with Gasteiger partial charge in [0.15, 0.2) is 5.78 Å². The summed E-state index contributed by atoms with van der Waals surface area (Å²) in [7, 11) is 1.70. The minimum Gasteiger partial charge on any atom is -0.364 e. The summed E-state index contributed by atoms with van der Waals surface area (Å²) in [5.74, 6) is 0.0554. The van der Waals surface area contributed by atoms with Gasteiger partial charge in [-0.25, -0.2) is 0 Å². The van der Waals surface area contributed by atoms with Gasteiger partial charge in [0.05, 0.1) is 0 Å². The Balaban J connectivity index is 2.14. The summed E-state index contributed by atoms with van der Waals surface area (Å²) in [6.07, 6.45) is 0. The molecule has 0 amide bonds. The van der Waals surface area contributed by atoms with E-state index < -0.39 is 5.60 Å². The number of methoxy groups -OCH3 is 1. The molecule has 1 aliphatic carbocycles. The van der Waals surface area contributed by atoms with Gasteiger partial charge in [0.25, 0.3) is 0 Å². The first-order chi connectivity index (χ1) is 11.3. The number of carbonyl (C=O) groups excluding carboxylic acids is 1. The second-order valence-electron chi connectivity index (χ2n) is 5.67. The zero-order chi connectivity index (χ0) is 15.9. The summed E-state index contributed by atoms with van der Waals surface area (Å²) in [5.41, 5.74) is 3.47. The van der Waals surface area contributed by atoms with Crippen molar-refractivity contribution in [3.8, 4) is 0 Å². The molecule has 0 radical (unpaired) electrons. The van der Waals surface area contributed by atoms with E-state index in [0.717, 1.165) is 16.7 Å². The van der Waals surface area contributed by atoms with Crippen LogP contribution in [-0.4, -0.2) is 12.9 Å². The zero-order valence-electron chi connectivity index (χ0n) is 12.8. The van der Waals surface area contributed by atoms with Gasteiger partial charge in [-0.05, 0) is 5.56 Å². The molecule has 2 nitrogen and oxygen atoms in total. The molecule has 0 aliphatic heterocycles. The number of carbonyl (C=O) groups is 1. The molecule has 0 aromatic heterocycles. The molecular formula is C21H16O2. The fourth-order valence-electron chi connectivity index (χ4n) is 3.59. The summed E-state index contributed by atoms with van der Waals surface area (Å²) in [6, 6.07) is 25.5. The van der Waals surface area contributed by atoms with Gasteiger partial charge in [0.1, 0.15) is 5.60 Å². The molecule has 1 aliphatic rings. The number of hydrogen-bond acceptors (Lipinski definition) is 2. The van der Waals surface area contributed by atoms with E-state index in [1.165, 1.54) is 0 Å². The Bertz CT molecular complexity index is 832. The minimum atomic E-state index is -0.762. The monoisotopic (exact) mass is 300 g/mol. The number of benzene rings is 3. The highest BCUT2D eigenvalue weighted by molar-refractivity contribution is 6.13. The van der Waals surface area contributed by atoms with Gasteiger partial charge >= 0.3 is 0 Å². The maximum atomic E-state index is 12.9. The van der Waals surface area contributed by atoms with E-state index in [0.29, 0.717) is 11.1 Å². The molecule has 0 fully saturated rings. The Morgan fingerprint density at radius 2 is 1.17 bits per heavy atom. The average molecular weight is 300 g/mol. The Hall–Kier alpha value is -2.71. The van der Waals surface area contributed by atoms with E-state index in [2.05, 4.69) is 0 Å². The highest BCUT2D eigenvalue weighted by Gasteiger charge is 2.45. The SMILES string of the molecule is COC1(c2ccccc2)c2ccccc2C(=O)c2ccccc21. The quantitative estimate of drug-likeness (QED) is 0.710. The number of ketones is 1. The maximum Gasteiger partial charge on any atom is 0.193 e. The van der Waals surface area contributed by atoms with Crippen molar-refractivity contribution in [1.82, 2.24) is 0 Å². The molecule has 2 heteroatoms. The van der Waals surface area contributed by atoms with Crippen LogP contribution in [-0.2, 0) is 10.3 Å². The van der Waals surface area contributed by atoms with Crippen molar-refractivity contribution >= 4 is 5.78 Å². The van der Waals surface area contributed by atoms with Crippen molar-refractivity contribution < 1.29 is 9.53 Å². The second-order valence-corrected chi connectivity index (χ2v) is 5.67. The van der Waals surface area contributed by atoms with Gasteiger partial charge in [0.2, 0.25) is 0 Å². The van der Waals surface area contributed by atoms with Crippen LogP contribution in [0.1, 0.15) is 32.6 Å². The molecule has 0 spiro atoms. The van der Waals surface area contributed by atoms with Gasteiger partial charge < -0.3 is 4.74 Å². The minimum absolute atomic E-state index is 0.0554. The van der Waals surface area contributed by atoms with Crippen LogP contribution in [0.15, 0.2) is 78.9 Å². The Kier molecular flexibility index (Phi) is 3.14. The van der Waals surface area contributed by atoms with E-state index in [4.69, 9.17) is 4.74 Å². The van der Waals surface area contributed by atoms with Crippen LogP contribution in [0.3, 0.4) is 0 Å². The fraction of sp³-hybridized carbons (Fsp3) is 0.0952. The standard InChI is InChI=1S/C21H16O2/c1-23-21(15-9-3-2-4-10-15)18-13-7-5-11-16(18)20(22)17-12-6-8-14-19(17)21/h2-14H,1H3. The van der Waals surface area contributed by atoms with Crippen LogP contribution in [0.2, 0.25) is 0 Å². The summed E-state index contributed by atoms with van der Waals surface area (Å²) in [4.78, 5) is 12.9. The molecule has 0 unspecified atom stereocenters. The van der Waals surface area contributed by atoms with Crippen LogP contribution in [0.5, 0.6) is 0 Å². The summed E-state index contributed by atoms with van der Waals surface area (Å²) < 4.78 is 6.11. The second kappa shape index (κ2) is 5.18. The molecule has 4 rings (SSSR count). The third-order valence-corrected chi connectivity index (χ3v) is 4.59. The number of hydrogen-bond donors (Lipinski definition) is 0. The van der Waals surface area contributed by atoms with Crippen molar-refractivity contribution in [2.75, 3.05) is 7.11 Å². The van der Waals surface area contributed by atoms with Crippen LogP contribution in [0, 0.1) is 0 Å². The van der Waals surface area contributed by atoms with E-state index in [1.807, 2.05) is 78.9 Å². The van der Waals surface area contributed by atoms with E-state index in [-0.39, 0.29) is 5.78 Å². The van der Waals surface area contributed by atoms with Crippen LogP contribution >= 0.6 is 0 Å². The lowest BCUT2D eigenvalue weighted by atomic mass is 9.70. The predicted octanol–water partition coefficient (Wildman–Crippen LogP) is 4.17. The van der Waals surface area contributed by atoms with Crippen LogP contribution in [0.4, 0.5) is 0 Å². The third kappa shape index (κ3) is 1.82. The van der Waals surface area contributed by atoms with Crippen molar-refractivity contribution in [2.24, 2.45) is 0 Å². The van der Waals surface area contributed by atoms with Crippen LogP contribution < -0.4 is 0 Å². The summed E-state index contributed by atoms with van der Waals surface area (Å²) >= 11 is 0. The lowest BCUT2D eigenvalue weighted by Gasteiger charge is -2.39. The lowest BCUT2D eigenvalue weighted by molar-refractivity contribution is 0.0537. The molecule has 0 atom stereocenters. The number of fused-ring (bicyclic) bond motifs is 2. The maximum absolute atomic E-state index is 12.9. The molecule has 23 heavy (non-hydrogen) atoms. The molecule has 0 bridgehead atoms. The molecule has 0 N–H and O–H groups in total. The first-order valence-corrected chi connectivity index (χ1v) is 7.63. The largest absolute Gasteiger partial charge is 0.364 e. The molecular weight excluding hydrogens is 284 g/mol. The summed E-state index contributed by atoms with van der Waals surface area (Å²) in [6.45, 7) is 0. The molecule has 0 saturated carbocycles. The molecule has 112 valence electrons. The van der Waals surface area contributed by atoms with Gasteiger partial charge in [-0.3, -0.25) is 4.79 Å². The number of rotatable bonds is 2. The molecule has 3 aromatic rings. The highest BCUT2D eigenvalue weighted by Crippen LogP contribution is 2.46. The van der Waals surface area contributed by atoms with Crippen molar-refractivity contribution in [3.63, 3.8) is 0 Å². The first kappa shape index (κ1) is 13.9. The average Bonchev–Trinajstić information content (AvgIpc) is 2.64. The Labute approximate surface area is 135 Å². The normalized spacial score (nSPS) is 14.9. The first-order valence-electron chi connectivity index (χ1n) is 7.63. The van der Waals surface area contributed by atoms with Crippen molar-refractivity contribution in [3.05, 3.63) is 107 Å². The topological polar surface area (TPSA) is 26.3 Å². The van der Waals surface area contributed by atoms with Crippen molar-refractivity contribution in [1.29, 1.82) is 0 Å². The number of ether oxygens (including phenoxy) is 1.